The molecule has 4 N–H and O–H groups in total. The summed E-state index contributed by atoms with van der Waals surface area (Å²) in [5.74, 6) is -2.31. The predicted molar refractivity (Wildman–Crippen MR) is 149 cm³/mol. The molecule has 4 aromatic rings. The third kappa shape index (κ3) is 7.12. The van der Waals surface area contributed by atoms with Gasteiger partial charge in [-0.05, 0) is 36.4 Å². The molecule has 0 bridgehead atoms. The van der Waals surface area contributed by atoms with Crippen molar-refractivity contribution in [3.8, 4) is 17.2 Å². The van der Waals surface area contributed by atoms with Crippen molar-refractivity contribution in [2.45, 2.75) is 14.6 Å². The molecule has 0 fully saturated rings. The maximum atomic E-state index is 14.0. The van der Waals surface area contributed by atoms with Crippen LogP contribution in [0.1, 0.15) is 11.1 Å². The van der Waals surface area contributed by atoms with Gasteiger partial charge in [0.05, 0.1) is 17.0 Å². The number of hydrogen-bond acceptors (Lipinski definition) is 11. The Morgan fingerprint density at radius 3 is 2.40 bits per heavy atom. The van der Waals surface area contributed by atoms with Gasteiger partial charge in [-0.2, -0.15) is 0 Å². The van der Waals surface area contributed by atoms with Crippen LogP contribution >= 0.6 is 23.1 Å². The second-order valence-electron chi connectivity index (χ2n) is 8.01. The number of rotatable bonds is 9. The van der Waals surface area contributed by atoms with E-state index in [1.165, 1.54) is 13.2 Å². The van der Waals surface area contributed by atoms with Crippen molar-refractivity contribution in [2.75, 3.05) is 24.0 Å². The fourth-order valence-corrected chi connectivity index (χ4v) is 6.02. The maximum Gasteiger partial charge on any atom is 0.315 e. The van der Waals surface area contributed by atoms with Gasteiger partial charge in [-0.1, -0.05) is 41.3 Å². The number of nitrogens with zero attached hydrogens (tertiary/aromatic N) is 2. The molecule has 2 heterocycles. The van der Waals surface area contributed by atoms with Gasteiger partial charge >= 0.3 is 11.8 Å². The summed E-state index contributed by atoms with van der Waals surface area (Å²) in [6.45, 7) is 0. The van der Waals surface area contributed by atoms with E-state index in [1.54, 1.807) is 48.7 Å². The van der Waals surface area contributed by atoms with E-state index in [0.29, 0.717) is 15.0 Å². The van der Waals surface area contributed by atoms with Crippen molar-refractivity contribution in [1.82, 2.24) is 9.97 Å². The lowest BCUT2D eigenvalue weighted by Crippen LogP contribution is -2.29. The van der Waals surface area contributed by atoms with Crippen LogP contribution in [-0.2, 0) is 19.4 Å². The third-order valence-corrected chi connectivity index (χ3v) is 8.37. The number of anilines is 2. The van der Waals surface area contributed by atoms with Crippen LogP contribution in [0.15, 0.2) is 76.1 Å². The minimum atomic E-state index is -3.74. The number of nitrogens with one attached hydrogen (secondary N) is 2. The Morgan fingerprint density at radius 1 is 1.02 bits per heavy atom. The average molecular weight is 604 g/mol. The molecule has 2 aromatic carbocycles. The zero-order valence-electron chi connectivity index (χ0n) is 21.0. The van der Waals surface area contributed by atoms with Crippen molar-refractivity contribution >= 4 is 55.6 Å². The first kappa shape index (κ1) is 28.9. The Morgan fingerprint density at radius 2 is 1.73 bits per heavy atom. The summed E-state index contributed by atoms with van der Waals surface area (Å²) in [6.07, 6.45) is 2.53. The summed E-state index contributed by atoms with van der Waals surface area (Å²) in [5, 5.41) is 3.75. The van der Waals surface area contributed by atoms with Crippen LogP contribution in [0.4, 0.5) is 15.2 Å². The van der Waals surface area contributed by atoms with Gasteiger partial charge in [-0.25, -0.2) is 22.8 Å². The molecule has 0 radical (unpaired) electrons. The fourth-order valence-electron chi connectivity index (χ4n) is 3.17. The van der Waals surface area contributed by atoms with Crippen molar-refractivity contribution in [2.24, 2.45) is 5.73 Å². The van der Waals surface area contributed by atoms with Gasteiger partial charge in [0.2, 0.25) is 0 Å². The number of pyridine rings is 1. The number of hydrogen-bond donors (Lipinski definition) is 3. The minimum Gasteiger partial charge on any atom is -0.493 e. The second-order valence-corrected chi connectivity index (χ2v) is 12.5. The number of methoxy groups -OCH3 is 1. The molecule has 11 nitrogen and oxygen atoms in total. The van der Waals surface area contributed by atoms with Gasteiger partial charge in [0.25, 0.3) is 0 Å². The molecule has 0 aliphatic carbocycles. The van der Waals surface area contributed by atoms with Crippen LogP contribution in [0.3, 0.4) is 0 Å². The minimum absolute atomic E-state index is 0.00453. The summed E-state index contributed by atoms with van der Waals surface area (Å²) in [4.78, 5) is 33.9. The van der Waals surface area contributed by atoms with Crippen molar-refractivity contribution in [1.29, 1.82) is 0 Å². The molecule has 15 heteroatoms. The van der Waals surface area contributed by atoms with Crippen molar-refractivity contribution in [3.63, 3.8) is 0 Å². The summed E-state index contributed by atoms with van der Waals surface area (Å²) >= 11 is 2.04. The Balaban J connectivity index is 1.54. The molecule has 0 spiro atoms. The van der Waals surface area contributed by atoms with E-state index >= 15 is 0 Å². The molecule has 2 aromatic heterocycles. The van der Waals surface area contributed by atoms with Gasteiger partial charge < -0.3 is 20.5 Å². The van der Waals surface area contributed by atoms with Crippen LogP contribution in [0.25, 0.3) is 0 Å². The summed E-state index contributed by atoms with van der Waals surface area (Å²) in [7, 11) is -2.30. The standard InChI is InChI=1S/C25H22FN5O6S3/c1-36-16-7-3-4-8-17(16)37-18-13-14(26)10-11-15(18)29-22(32)23(33)31-25-30-20(21(27)40(2,34)35)24(39-25)38-19-9-5-6-12-28-19/h3-13,21H,27H2,1-2H3,(H,29,32)(H,30,31,33). The number of carbonyl (C=O) groups excluding carboxylic acids is 2. The molecular formula is C25H22FN5O6S3. The van der Waals surface area contributed by atoms with Crippen LogP contribution < -0.4 is 25.8 Å². The number of carbonyl (C=O) groups is 2. The first-order valence-electron chi connectivity index (χ1n) is 11.3. The number of para-hydroxylation sites is 2. The maximum absolute atomic E-state index is 14.0. The number of sulfone groups is 1. The van der Waals surface area contributed by atoms with E-state index in [-0.39, 0.29) is 28.0 Å². The zero-order valence-corrected chi connectivity index (χ0v) is 23.4. The van der Waals surface area contributed by atoms with E-state index in [4.69, 9.17) is 15.2 Å². The van der Waals surface area contributed by atoms with E-state index in [1.807, 2.05) is 0 Å². The van der Waals surface area contributed by atoms with Gasteiger partial charge in [-0.3, -0.25) is 14.9 Å². The second kappa shape index (κ2) is 12.4. The fraction of sp³-hybridized carbons (Fsp3) is 0.120. The first-order chi connectivity index (χ1) is 19.0. The molecule has 208 valence electrons. The lowest BCUT2D eigenvalue weighted by Gasteiger charge is -2.14. The lowest BCUT2D eigenvalue weighted by molar-refractivity contribution is -0.133. The average Bonchev–Trinajstić information content (AvgIpc) is 3.31. The van der Waals surface area contributed by atoms with Gasteiger partial charge in [0.15, 0.2) is 37.6 Å². The topological polar surface area (TPSA) is 163 Å². The first-order valence-corrected chi connectivity index (χ1v) is 14.9. The van der Waals surface area contributed by atoms with Crippen LogP contribution in [0.2, 0.25) is 0 Å². The molecule has 40 heavy (non-hydrogen) atoms. The highest BCUT2D eigenvalue weighted by Crippen LogP contribution is 2.40. The molecule has 4 rings (SSSR count). The van der Waals surface area contributed by atoms with Crippen molar-refractivity contribution in [3.05, 3.63) is 78.4 Å². The van der Waals surface area contributed by atoms with Gasteiger partial charge in [0, 0.05) is 18.5 Å². The molecule has 0 saturated heterocycles. The molecular weight excluding hydrogens is 582 g/mol. The van der Waals surface area contributed by atoms with Crippen LogP contribution in [0.5, 0.6) is 17.2 Å². The van der Waals surface area contributed by atoms with Crippen LogP contribution in [0, 0.1) is 5.82 Å². The molecule has 1 unspecified atom stereocenters. The summed E-state index contributed by atoms with van der Waals surface area (Å²) in [5.41, 5.74) is 5.94. The number of nitrogens with two attached hydrogens (primary N) is 1. The quantitative estimate of drug-likeness (QED) is 0.236. The number of aromatic nitrogens is 2. The molecule has 0 saturated carbocycles. The highest BCUT2D eigenvalue weighted by molar-refractivity contribution is 8.01. The van der Waals surface area contributed by atoms with Crippen LogP contribution in [-0.4, -0.2) is 43.6 Å². The summed E-state index contributed by atoms with van der Waals surface area (Å²) < 4.78 is 49.6. The molecule has 0 aliphatic heterocycles. The predicted octanol–water partition coefficient (Wildman–Crippen LogP) is 4.21. The molecule has 1 atom stereocenters. The number of halogens is 1. The number of thiazole rings is 1. The van der Waals surface area contributed by atoms with Crippen molar-refractivity contribution < 1.29 is 31.9 Å². The number of ether oxygens (including phenoxy) is 2. The number of benzene rings is 2. The smallest absolute Gasteiger partial charge is 0.315 e. The van der Waals surface area contributed by atoms with E-state index in [2.05, 4.69) is 20.6 Å². The third-order valence-electron chi connectivity index (χ3n) is 5.09. The molecule has 2 amide bonds. The Hall–Kier alpha value is -4.05. The normalized spacial score (nSPS) is 11.9. The van der Waals surface area contributed by atoms with E-state index in [9.17, 15) is 22.4 Å². The molecule has 0 aliphatic rings. The summed E-state index contributed by atoms with van der Waals surface area (Å²) in [6, 6.07) is 15.2. The largest absolute Gasteiger partial charge is 0.493 e. The highest BCUT2D eigenvalue weighted by Gasteiger charge is 2.28. The monoisotopic (exact) mass is 603 g/mol. The van der Waals surface area contributed by atoms with Gasteiger partial charge in [0.1, 0.15) is 16.5 Å². The Labute approximate surface area is 236 Å². The van der Waals surface area contributed by atoms with E-state index < -0.39 is 32.8 Å². The SMILES string of the molecule is COc1ccccc1Oc1cc(F)ccc1NC(=O)C(=O)Nc1nc(C(N)S(C)(=O)=O)c(Sc2ccccn2)s1. The van der Waals surface area contributed by atoms with Gasteiger partial charge in [-0.15, -0.1) is 0 Å². The lowest BCUT2D eigenvalue weighted by atomic mass is 10.2. The Bertz CT molecular complexity index is 1650. The highest BCUT2D eigenvalue weighted by atomic mass is 32.2. The number of amides is 2. The van der Waals surface area contributed by atoms with E-state index in [0.717, 1.165) is 41.5 Å². The Kier molecular flexibility index (Phi) is 8.99. The zero-order chi connectivity index (χ0) is 28.9.